The van der Waals surface area contributed by atoms with Gasteiger partial charge in [-0.25, -0.2) is 9.59 Å². The van der Waals surface area contributed by atoms with E-state index in [2.05, 4.69) is 69.8 Å². The van der Waals surface area contributed by atoms with Crippen molar-refractivity contribution in [3.8, 4) is 16.9 Å². The minimum atomic E-state index is -1.08. The molecule has 6 rings (SSSR count). The van der Waals surface area contributed by atoms with Crippen LogP contribution in [0.2, 0.25) is 0 Å². The standard InChI is InChI=1S/C55H66N4O8S/c1-37(2)33-41(58-48(51(61)62)27-17-18-32-56-52(63)67-54(3,4)5)34-57-50(60)49(59-53(64)66-35-47-45-25-15-13-23-43(45)44-24-14-16-26-46(44)47)36-68-55(38-19-9-7-10-20-38,39-21-11-8-12-22-39)40-28-30-42(65-6)31-29-40/h7-16,19-26,28-31,37,41,47-49,58H,17-18,27,32-36H2,1-6H3,(H,56,63)(H,57,60)(H,59,64)(H,61,62)/t41-,48-,49-/m0/s1. The zero-order chi connectivity index (χ0) is 48.7. The van der Waals surface area contributed by atoms with E-state index in [1.807, 2.05) is 98.8 Å². The van der Waals surface area contributed by atoms with E-state index in [0.717, 1.165) is 38.9 Å². The molecule has 0 aromatic heterocycles. The zero-order valence-corrected chi connectivity index (χ0v) is 40.8. The summed E-state index contributed by atoms with van der Waals surface area (Å²) in [5.74, 6) is -0.625. The molecule has 0 unspecified atom stereocenters. The Morgan fingerprint density at radius 2 is 1.25 bits per heavy atom. The fraction of sp³-hybridized carbons (Fsp3) is 0.382. The van der Waals surface area contributed by atoms with Crippen molar-refractivity contribution in [3.63, 3.8) is 0 Å². The third-order valence-corrected chi connectivity index (χ3v) is 13.5. The van der Waals surface area contributed by atoms with E-state index in [4.69, 9.17) is 14.2 Å². The number of thioether (sulfide) groups is 1. The second-order valence-corrected chi connectivity index (χ2v) is 19.8. The fourth-order valence-corrected chi connectivity index (χ4v) is 10.3. The van der Waals surface area contributed by atoms with E-state index in [1.54, 1.807) is 27.9 Å². The number of carboxylic acid groups (broad SMARTS) is 1. The Balaban J connectivity index is 1.23. The van der Waals surface area contributed by atoms with Gasteiger partial charge in [0.2, 0.25) is 5.91 Å². The van der Waals surface area contributed by atoms with Gasteiger partial charge < -0.3 is 35.3 Å². The number of rotatable bonds is 23. The summed E-state index contributed by atoms with van der Waals surface area (Å²) in [5.41, 5.74) is 6.63. The van der Waals surface area contributed by atoms with Crippen LogP contribution in [0.25, 0.3) is 11.1 Å². The summed E-state index contributed by atoms with van der Waals surface area (Å²) in [5, 5.41) is 22.3. The fourth-order valence-electron chi connectivity index (χ4n) is 8.76. The van der Waals surface area contributed by atoms with E-state index in [1.165, 1.54) is 11.8 Å². The van der Waals surface area contributed by atoms with E-state index < -0.39 is 52.5 Å². The minimum absolute atomic E-state index is 0.0686. The van der Waals surface area contributed by atoms with Crippen LogP contribution in [0.15, 0.2) is 133 Å². The molecule has 5 aromatic carbocycles. The molecule has 0 spiro atoms. The van der Waals surface area contributed by atoms with E-state index in [9.17, 15) is 24.3 Å². The first-order valence-corrected chi connectivity index (χ1v) is 24.4. The number of hydrogen-bond donors (Lipinski definition) is 5. The smallest absolute Gasteiger partial charge is 0.407 e. The van der Waals surface area contributed by atoms with Crippen LogP contribution < -0.4 is 26.0 Å². The highest BCUT2D eigenvalue weighted by Gasteiger charge is 2.39. The Bertz CT molecular complexity index is 2340. The van der Waals surface area contributed by atoms with Crippen molar-refractivity contribution >= 4 is 35.8 Å². The van der Waals surface area contributed by atoms with E-state index >= 15 is 0 Å². The summed E-state index contributed by atoms with van der Waals surface area (Å²) in [6.07, 6.45) is 0.722. The Kier molecular flexibility index (Phi) is 18.1. The quantitative estimate of drug-likeness (QED) is 0.0315. The van der Waals surface area contributed by atoms with Crippen molar-refractivity contribution in [2.24, 2.45) is 5.92 Å². The number of carbonyl (C=O) groups excluding carboxylic acids is 3. The number of ether oxygens (including phenoxy) is 3. The van der Waals surface area contributed by atoms with Crippen molar-refractivity contribution in [3.05, 3.63) is 161 Å². The second-order valence-electron chi connectivity index (χ2n) is 18.5. The van der Waals surface area contributed by atoms with Crippen LogP contribution >= 0.6 is 11.8 Å². The molecule has 5 aromatic rings. The van der Waals surface area contributed by atoms with Gasteiger partial charge in [-0.05, 0) is 103 Å². The molecule has 68 heavy (non-hydrogen) atoms. The van der Waals surface area contributed by atoms with Gasteiger partial charge in [0.05, 0.1) is 11.9 Å². The summed E-state index contributed by atoms with van der Waals surface area (Å²) < 4.78 is 16.0. The lowest BCUT2D eigenvalue weighted by molar-refractivity contribution is -0.140. The molecule has 13 heteroatoms. The number of fused-ring (bicyclic) bond motifs is 3. The number of carboxylic acids is 1. The number of carbonyl (C=O) groups is 4. The molecule has 360 valence electrons. The number of unbranched alkanes of at least 4 members (excludes halogenated alkanes) is 1. The molecule has 5 N–H and O–H groups in total. The molecule has 0 saturated carbocycles. The first kappa shape index (κ1) is 51.1. The first-order chi connectivity index (χ1) is 32.7. The molecule has 0 saturated heterocycles. The van der Waals surface area contributed by atoms with Crippen molar-refractivity contribution < 1.29 is 38.5 Å². The largest absolute Gasteiger partial charge is 0.497 e. The molecular formula is C55H66N4O8S. The number of aliphatic carboxylic acids is 1. The third-order valence-electron chi connectivity index (χ3n) is 11.9. The Labute approximate surface area is 405 Å². The molecule has 0 radical (unpaired) electrons. The van der Waals surface area contributed by atoms with Gasteiger partial charge >= 0.3 is 18.2 Å². The van der Waals surface area contributed by atoms with Crippen LogP contribution in [-0.4, -0.2) is 85.5 Å². The van der Waals surface area contributed by atoms with Crippen LogP contribution in [-0.2, 0) is 23.8 Å². The summed E-state index contributed by atoms with van der Waals surface area (Å²) in [4.78, 5) is 53.4. The lowest BCUT2D eigenvalue weighted by Gasteiger charge is -2.36. The SMILES string of the molecule is COc1ccc(C(SC[C@H](NC(=O)OCC2c3ccccc3-c3ccccc32)C(=O)NC[C@H](CC(C)C)N[C@@H](CCCCNC(=O)OC(C)(C)C)C(=O)O)(c2ccccc2)c2ccccc2)cc1. The number of hydrogen-bond acceptors (Lipinski definition) is 9. The van der Waals surface area contributed by atoms with Gasteiger partial charge in [-0.1, -0.05) is 135 Å². The van der Waals surface area contributed by atoms with Gasteiger partial charge in [-0.2, -0.15) is 0 Å². The molecule has 3 atom stereocenters. The lowest BCUT2D eigenvalue weighted by atomic mass is 9.84. The zero-order valence-electron chi connectivity index (χ0n) is 40.0. The molecule has 0 fully saturated rings. The molecule has 1 aliphatic carbocycles. The maximum Gasteiger partial charge on any atom is 0.407 e. The molecule has 0 heterocycles. The second kappa shape index (κ2) is 24.1. The normalized spacial score (nSPS) is 13.6. The first-order valence-electron chi connectivity index (χ1n) is 23.4. The van der Waals surface area contributed by atoms with Crippen molar-refractivity contribution in [2.75, 3.05) is 32.6 Å². The highest BCUT2D eigenvalue weighted by Crippen LogP contribution is 2.49. The van der Waals surface area contributed by atoms with E-state index in [-0.39, 0.29) is 30.7 Å². The van der Waals surface area contributed by atoms with E-state index in [0.29, 0.717) is 38.0 Å². The molecule has 1 aliphatic rings. The average molecular weight is 943 g/mol. The average Bonchev–Trinajstić information content (AvgIpc) is 3.65. The number of alkyl carbamates (subject to hydrolysis) is 2. The number of benzene rings is 5. The summed E-state index contributed by atoms with van der Waals surface area (Å²) in [6, 6.07) is 41.9. The summed E-state index contributed by atoms with van der Waals surface area (Å²) in [6.45, 7) is 9.97. The molecule has 12 nitrogen and oxygen atoms in total. The number of amides is 3. The third kappa shape index (κ3) is 13.7. The van der Waals surface area contributed by atoms with Crippen LogP contribution in [0.3, 0.4) is 0 Å². The highest BCUT2D eigenvalue weighted by atomic mass is 32.2. The topological polar surface area (TPSA) is 164 Å². The molecular weight excluding hydrogens is 877 g/mol. The van der Waals surface area contributed by atoms with Crippen molar-refractivity contribution in [1.29, 1.82) is 0 Å². The molecule has 0 bridgehead atoms. The molecule has 0 aliphatic heterocycles. The Hall–Kier alpha value is -6.31. The summed E-state index contributed by atoms with van der Waals surface area (Å²) in [7, 11) is 1.63. The van der Waals surface area contributed by atoms with Gasteiger partial charge in [0.15, 0.2) is 0 Å². The molecule has 3 amide bonds. The van der Waals surface area contributed by atoms with Crippen LogP contribution in [0.1, 0.15) is 94.0 Å². The minimum Gasteiger partial charge on any atom is -0.497 e. The monoisotopic (exact) mass is 942 g/mol. The Morgan fingerprint density at radius 1 is 0.691 bits per heavy atom. The maximum atomic E-state index is 14.7. The van der Waals surface area contributed by atoms with Crippen LogP contribution in [0.4, 0.5) is 9.59 Å². The number of methoxy groups -OCH3 is 1. The maximum absolute atomic E-state index is 14.7. The summed E-state index contributed by atoms with van der Waals surface area (Å²) >= 11 is 1.52. The predicted molar refractivity (Wildman–Crippen MR) is 269 cm³/mol. The number of nitrogens with one attached hydrogen (secondary N) is 4. The highest BCUT2D eigenvalue weighted by molar-refractivity contribution is 8.00. The van der Waals surface area contributed by atoms with Gasteiger partial charge in [-0.3, -0.25) is 14.9 Å². The van der Waals surface area contributed by atoms with Gasteiger partial charge in [0.25, 0.3) is 0 Å². The Morgan fingerprint density at radius 3 is 1.79 bits per heavy atom. The van der Waals surface area contributed by atoms with Crippen LogP contribution in [0, 0.1) is 5.92 Å². The van der Waals surface area contributed by atoms with Crippen molar-refractivity contribution in [1.82, 2.24) is 21.3 Å². The van der Waals surface area contributed by atoms with Crippen LogP contribution in [0.5, 0.6) is 5.75 Å². The van der Waals surface area contributed by atoms with Gasteiger partial charge in [-0.15, -0.1) is 11.8 Å². The lowest BCUT2D eigenvalue weighted by Crippen LogP contribution is -2.53. The predicted octanol–water partition coefficient (Wildman–Crippen LogP) is 9.90. The van der Waals surface area contributed by atoms with Gasteiger partial charge in [0.1, 0.15) is 30.0 Å². The van der Waals surface area contributed by atoms with Crippen molar-refractivity contribution in [2.45, 2.75) is 94.7 Å². The van der Waals surface area contributed by atoms with Gasteiger partial charge in [0, 0.05) is 30.8 Å².